The van der Waals surface area contributed by atoms with Crippen LogP contribution < -0.4 is 0 Å². The van der Waals surface area contributed by atoms with Crippen LogP contribution >= 0.6 is 0 Å². The molecule has 0 radical (unpaired) electrons. The zero-order valence-corrected chi connectivity index (χ0v) is 11.5. The van der Waals surface area contributed by atoms with E-state index in [0.717, 1.165) is 25.5 Å². The molecule has 6 nitrogen and oxygen atoms in total. The molecule has 0 spiro atoms. The Morgan fingerprint density at radius 1 is 1.18 bits per heavy atom. The summed E-state index contributed by atoms with van der Waals surface area (Å²) in [6.45, 7) is -0.189. The molecule has 0 aliphatic heterocycles. The molecule has 0 bridgehead atoms. The minimum absolute atomic E-state index is 0.0523. The minimum atomic E-state index is -3.58. The Morgan fingerprint density at radius 3 is 2.12 bits per heavy atom. The molecule has 0 unspecified atom stereocenters. The molecular formula is C9H19NO5S2. The molecule has 102 valence electrons. The summed E-state index contributed by atoms with van der Waals surface area (Å²) in [5, 5.41) is 8.87. The van der Waals surface area contributed by atoms with Crippen LogP contribution in [0, 0.1) is 0 Å². The molecule has 0 amide bonds. The molecule has 0 saturated heterocycles. The standard InChI is InChI=1S/C9H19NO5S2/c1-16(12,13)7-8-17(14,15)10(5-6-11)9-3-2-4-9/h9,11H,2-8H2,1H3. The normalized spacial score (nSPS) is 18.3. The van der Waals surface area contributed by atoms with Crippen LogP contribution in [0.4, 0.5) is 0 Å². The van der Waals surface area contributed by atoms with Gasteiger partial charge in [0, 0.05) is 18.8 Å². The van der Waals surface area contributed by atoms with Crippen molar-refractivity contribution in [3.05, 3.63) is 0 Å². The van der Waals surface area contributed by atoms with E-state index in [1.54, 1.807) is 0 Å². The predicted molar refractivity (Wildman–Crippen MR) is 64.9 cm³/mol. The summed E-state index contributed by atoms with van der Waals surface area (Å²) in [6, 6.07) is -0.0632. The van der Waals surface area contributed by atoms with E-state index in [2.05, 4.69) is 0 Å². The molecule has 0 aromatic heterocycles. The topological polar surface area (TPSA) is 91.8 Å². The maximum absolute atomic E-state index is 12.0. The van der Waals surface area contributed by atoms with Gasteiger partial charge in [0.1, 0.15) is 9.84 Å². The smallest absolute Gasteiger partial charge is 0.215 e. The summed E-state index contributed by atoms with van der Waals surface area (Å²) in [5.74, 6) is -0.772. The molecule has 0 heterocycles. The maximum Gasteiger partial charge on any atom is 0.215 e. The number of aliphatic hydroxyl groups excluding tert-OH is 1. The van der Waals surface area contributed by atoms with Gasteiger partial charge in [0.05, 0.1) is 18.1 Å². The molecule has 1 N–H and O–H groups in total. The van der Waals surface area contributed by atoms with Crippen molar-refractivity contribution in [3.8, 4) is 0 Å². The Bertz CT molecular complexity index is 438. The lowest BCUT2D eigenvalue weighted by atomic mass is 9.93. The molecule has 1 rings (SSSR count). The van der Waals surface area contributed by atoms with Gasteiger partial charge in [0.25, 0.3) is 0 Å². The Balaban J connectivity index is 2.70. The van der Waals surface area contributed by atoms with Crippen LogP contribution in [0.5, 0.6) is 0 Å². The molecular weight excluding hydrogens is 266 g/mol. The lowest BCUT2D eigenvalue weighted by molar-refractivity contribution is 0.178. The largest absolute Gasteiger partial charge is 0.395 e. The molecule has 0 aromatic rings. The molecule has 1 saturated carbocycles. The second-order valence-corrected chi connectivity index (χ2v) is 8.67. The van der Waals surface area contributed by atoms with Crippen molar-refractivity contribution in [2.24, 2.45) is 0 Å². The Labute approximate surface area is 103 Å². The molecule has 17 heavy (non-hydrogen) atoms. The molecule has 0 aromatic carbocycles. The van der Waals surface area contributed by atoms with Gasteiger partial charge in [-0.25, -0.2) is 16.8 Å². The first-order valence-corrected chi connectivity index (χ1v) is 9.21. The van der Waals surface area contributed by atoms with Crippen LogP contribution in [-0.4, -0.2) is 63.2 Å². The summed E-state index contributed by atoms with van der Waals surface area (Å²) in [6.07, 6.45) is 3.58. The van der Waals surface area contributed by atoms with Crippen molar-refractivity contribution in [1.82, 2.24) is 4.31 Å². The average Bonchev–Trinajstić information content (AvgIpc) is 2.10. The van der Waals surface area contributed by atoms with Crippen molar-refractivity contribution in [3.63, 3.8) is 0 Å². The van der Waals surface area contributed by atoms with Crippen LogP contribution in [0.25, 0.3) is 0 Å². The summed E-state index contributed by atoms with van der Waals surface area (Å²) >= 11 is 0. The maximum atomic E-state index is 12.0. The molecule has 8 heteroatoms. The van der Waals surface area contributed by atoms with E-state index >= 15 is 0 Å². The summed E-state index contributed by atoms with van der Waals surface area (Å²) in [7, 11) is -6.87. The zero-order chi connectivity index (χ0) is 13.1. The van der Waals surface area contributed by atoms with Crippen LogP contribution in [0.15, 0.2) is 0 Å². The van der Waals surface area contributed by atoms with E-state index < -0.39 is 25.6 Å². The predicted octanol–water partition coefficient (Wildman–Crippen LogP) is -0.792. The third kappa shape index (κ3) is 4.53. The van der Waals surface area contributed by atoms with E-state index in [4.69, 9.17) is 5.11 Å². The third-order valence-electron chi connectivity index (χ3n) is 2.87. The Kier molecular flexibility index (Phi) is 4.94. The molecule has 1 fully saturated rings. The lowest BCUT2D eigenvalue weighted by Crippen LogP contribution is -2.47. The number of nitrogens with zero attached hydrogens (tertiary/aromatic N) is 1. The lowest BCUT2D eigenvalue weighted by Gasteiger charge is -2.36. The van der Waals surface area contributed by atoms with Gasteiger partial charge in [-0.15, -0.1) is 0 Å². The quantitative estimate of drug-likeness (QED) is 0.661. The first kappa shape index (κ1) is 14.9. The Hall–Kier alpha value is -0.180. The fraction of sp³-hybridized carbons (Fsp3) is 1.00. The zero-order valence-electron chi connectivity index (χ0n) is 9.87. The van der Waals surface area contributed by atoms with Gasteiger partial charge in [-0.3, -0.25) is 0 Å². The number of sulfonamides is 1. The van der Waals surface area contributed by atoms with Crippen molar-refractivity contribution in [2.75, 3.05) is 30.9 Å². The number of hydrogen-bond donors (Lipinski definition) is 1. The highest BCUT2D eigenvalue weighted by atomic mass is 32.2. The van der Waals surface area contributed by atoms with E-state index in [1.807, 2.05) is 0 Å². The summed E-state index contributed by atoms with van der Waals surface area (Å²) in [5.41, 5.74) is 0. The second kappa shape index (κ2) is 5.64. The fourth-order valence-electron chi connectivity index (χ4n) is 1.70. The van der Waals surface area contributed by atoms with Crippen LogP contribution in [0.1, 0.15) is 19.3 Å². The van der Waals surface area contributed by atoms with E-state index in [9.17, 15) is 16.8 Å². The highest BCUT2D eigenvalue weighted by molar-refractivity contribution is 7.93. The van der Waals surface area contributed by atoms with Gasteiger partial charge in [0.15, 0.2) is 0 Å². The van der Waals surface area contributed by atoms with Gasteiger partial charge in [-0.1, -0.05) is 6.42 Å². The van der Waals surface area contributed by atoms with Gasteiger partial charge < -0.3 is 5.11 Å². The SMILES string of the molecule is CS(=O)(=O)CCS(=O)(=O)N(CCO)C1CCC1. The van der Waals surface area contributed by atoms with Crippen molar-refractivity contribution >= 4 is 19.9 Å². The van der Waals surface area contributed by atoms with Gasteiger partial charge in [0.2, 0.25) is 10.0 Å². The number of aliphatic hydroxyl groups is 1. The highest BCUT2D eigenvalue weighted by Gasteiger charge is 2.33. The average molecular weight is 285 g/mol. The van der Waals surface area contributed by atoms with Crippen molar-refractivity contribution in [2.45, 2.75) is 25.3 Å². The second-order valence-electron chi connectivity index (χ2n) is 4.36. The van der Waals surface area contributed by atoms with Crippen LogP contribution in [0.3, 0.4) is 0 Å². The van der Waals surface area contributed by atoms with Crippen molar-refractivity contribution < 1.29 is 21.9 Å². The van der Waals surface area contributed by atoms with Gasteiger partial charge in [-0.2, -0.15) is 4.31 Å². The molecule has 1 aliphatic carbocycles. The van der Waals surface area contributed by atoms with E-state index in [-0.39, 0.29) is 24.9 Å². The van der Waals surface area contributed by atoms with E-state index in [0.29, 0.717) is 0 Å². The van der Waals surface area contributed by atoms with Crippen molar-refractivity contribution in [1.29, 1.82) is 0 Å². The number of rotatable bonds is 7. The fourth-order valence-corrected chi connectivity index (χ4v) is 5.01. The van der Waals surface area contributed by atoms with Gasteiger partial charge >= 0.3 is 0 Å². The first-order chi connectivity index (χ1) is 7.76. The number of sulfone groups is 1. The summed E-state index contributed by atoms with van der Waals surface area (Å²) in [4.78, 5) is 0. The van der Waals surface area contributed by atoms with E-state index in [1.165, 1.54) is 4.31 Å². The monoisotopic (exact) mass is 285 g/mol. The highest BCUT2D eigenvalue weighted by Crippen LogP contribution is 2.26. The van der Waals surface area contributed by atoms with Crippen LogP contribution in [-0.2, 0) is 19.9 Å². The molecule has 1 aliphatic rings. The third-order valence-corrected chi connectivity index (χ3v) is 5.99. The summed E-state index contributed by atoms with van der Waals surface area (Å²) < 4.78 is 47.1. The first-order valence-electron chi connectivity index (χ1n) is 5.54. The van der Waals surface area contributed by atoms with Crippen LogP contribution in [0.2, 0.25) is 0 Å². The van der Waals surface area contributed by atoms with Gasteiger partial charge in [-0.05, 0) is 12.8 Å². The molecule has 0 atom stereocenters. The Morgan fingerprint density at radius 2 is 1.76 bits per heavy atom. The number of hydrogen-bond acceptors (Lipinski definition) is 5. The minimum Gasteiger partial charge on any atom is -0.395 e.